The van der Waals surface area contributed by atoms with Gasteiger partial charge in [0.2, 0.25) is 0 Å². The summed E-state index contributed by atoms with van der Waals surface area (Å²) in [7, 11) is 0. The van der Waals surface area contributed by atoms with Crippen LogP contribution in [-0.4, -0.2) is 22.7 Å². The van der Waals surface area contributed by atoms with Crippen molar-refractivity contribution in [3.05, 3.63) is 46.1 Å². The summed E-state index contributed by atoms with van der Waals surface area (Å²) in [6, 6.07) is 5.76. The molecular weight excluding hydrogens is 252 g/mol. The number of carbonyl (C=O) groups excluding carboxylic acids is 1. The highest BCUT2D eigenvalue weighted by atomic mass is 16.6. The van der Waals surface area contributed by atoms with E-state index in [0.29, 0.717) is 5.56 Å². The highest BCUT2D eigenvalue weighted by Gasteiger charge is 2.20. The predicted octanol–water partition coefficient (Wildman–Crippen LogP) is 2.43. The summed E-state index contributed by atoms with van der Waals surface area (Å²) in [4.78, 5) is 21.9. The third-order valence-corrected chi connectivity index (χ3v) is 2.38. The number of carbonyl (C=O) groups is 1. The van der Waals surface area contributed by atoms with E-state index >= 15 is 0 Å². The zero-order valence-electron chi connectivity index (χ0n) is 10.0. The fraction of sp³-hybridized carbons (Fsp3) is 0.167. The number of nitrogens with zero attached hydrogens (tertiary/aromatic N) is 2. The molecule has 0 aliphatic rings. The summed E-state index contributed by atoms with van der Waals surface area (Å²) in [6.45, 7) is 1.90. The van der Waals surface area contributed by atoms with Crippen LogP contribution >= 0.6 is 0 Å². The smallest absolute Gasteiger partial charge is 0.343 e. The molecule has 0 radical (unpaired) electrons. The van der Waals surface area contributed by atoms with E-state index < -0.39 is 10.9 Å². The van der Waals surface area contributed by atoms with Gasteiger partial charge >= 0.3 is 5.97 Å². The van der Waals surface area contributed by atoms with Gasteiger partial charge < -0.3 is 9.26 Å². The van der Waals surface area contributed by atoms with Gasteiger partial charge in [0.1, 0.15) is 5.56 Å². The third kappa shape index (κ3) is 2.59. The van der Waals surface area contributed by atoms with Crippen LogP contribution < -0.4 is 0 Å². The van der Waals surface area contributed by atoms with Crippen LogP contribution in [0.5, 0.6) is 0 Å². The molecule has 1 heterocycles. The van der Waals surface area contributed by atoms with Crippen LogP contribution in [0.15, 0.2) is 35.0 Å². The SMILES string of the molecule is CCOC(=O)c1cnoc1-c1cccc([N+](=O)[O-])c1. The van der Waals surface area contributed by atoms with Crippen molar-refractivity contribution in [2.75, 3.05) is 6.61 Å². The van der Waals surface area contributed by atoms with Gasteiger partial charge in [-0.05, 0) is 6.92 Å². The molecule has 0 N–H and O–H groups in total. The summed E-state index contributed by atoms with van der Waals surface area (Å²) < 4.78 is 9.83. The molecular formula is C12H10N2O5. The van der Waals surface area contributed by atoms with Crippen LogP contribution in [0.4, 0.5) is 5.69 Å². The number of hydrogen-bond donors (Lipinski definition) is 0. The number of hydrogen-bond acceptors (Lipinski definition) is 6. The number of esters is 1. The Morgan fingerprint density at radius 3 is 3.00 bits per heavy atom. The fourth-order valence-electron chi connectivity index (χ4n) is 1.56. The first-order valence-corrected chi connectivity index (χ1v) is 5.50. The van der Waals surface area contributed by atoms with Crippen molar-refractivity contribution in [3.8, 4) is 11.3 Å². The van der Waals surface area contributed by atoms with E-state index in [1.165, 1.54) is 24.4 Å². The molecule has 0 unspecified atom stereocenters. The molecule has 0 bridgehead atoms. The monoisotopic (exact) mass is 262 g/mol. The number of ether oxygens (including phenoxy) is 1. The molecule has 98 valence electrons. The van der Waals surface area contributed by atoms with E-state index in [4.69, 9.17) is 9.26 Å². The summed E-state index contributed by atoms with van der Waals surface area (Å²) in [5.74, 6) is -0.424. The molecule has 2 rings (SSSR count). The molecule has 0 aliphatic carbocycles. The number of nitro benzene ring substituents is 1. The Bertz CT molecular complexity index is 620. The molecule has 0 fully saturated rings. The largest absolute Gasteiger partial charge is 0.462 e. The van der Waals surface area contributed by atoms with E-state index in [9.17, 15) is 14.9 Å². The van der Waals surface area contributed by atoms with Crippen molar-refractivity contribution in [1.29, 1.82) is 0 Å². The van der Waals surface area contributed by atoms with Crippen LogP contribution in [0.3, 0.4) is 0 Å². The summed E-state index contributed by atoms with van der Waals surface area (Å²) >= 11 is 0. The summed E-state index contributed by atoms with van der Waals surface area (Å²) in [5.41, 5.74) is 0.445. The average Bonchev–Trinajstić information content (AvgIpc) is 2.88. The lowest BCUT2D eigenvalue weighted by molar-refractivity contribution is -0.384. The normalized spacial score (nSPS) is 10.2. The van der Waals surface area contributed by atoms with Crippen molar-refractivity contribution >= 4 is 11.7 Å². The Hall–Kier alpha value is -2.70. The number of rotatable bonds is 4. The van der Waals surface area contributed by atoms with E-state index in [1.54, 1.807) is 13.0 Å². The van der Waals surface area contributed by atoms with E-state index in [1.807, 2.05) is 0 Å². The van der Waals surface area contributed by atoms with Gasteiger partial charge in [-0.3, -0.25) is 10.1 Å². The Morgan fingerprint density at radius 1 is 1.53 bits per heavy atom. The van der Waals surface area contributed by atoms with Crippen LogP contribution in [-0.2, 0) is 4.74 Å². The van der Waals surface area contributed by atoms with Gasteiger partial charge in [0.25, 0.3) is 5.69 Å². The fourth-order valence-corrected chi connectivity index (χ4v) is 1.56. The zero-order valence-corrected chi connectivity index (χ0v) is 10.0. The minimum absolute atomic E-state index is 0.0938. The third-order valence-electron chi connectivity index (χ3n) is 2.38. The zero-order chi connectivity index (χ0) is 13.8. The highest BCUT2D eigenvalue weighted by molar-refractivity contribution is 5.95. The van der Waals surface area contributed by atoms with Gasteiger partial charge in [-0.15, -0.1) is 0 Å². The molecule has 1 aromatic carbocycles. The summed E-state index contributed by atoms with van der Waals surface area (Å²) in [5, 5.41) is 14.2. The van der Waals surface area contributed by atoms with Gasteiger partial charge in [-0.1, -0.05) is 17.3 Å². The van der Waals surface area contributed by atoms with Crippen molar-refractivity contribution in [3.63, 3.8) is 0 Å². The standard InChI is InChI=1S/C12H10N2O5/c1-2-18-12(15)10-7-13-19-11(10)8-4-3-5-9(6-8)14(16)17/h3-7H,2H2,1H3. The first kappa shape index (κ1) is 12.7. The molecule has 0 saturated carbocycles. The lowest BCUT2D eigenvalue weighted by Crippen LogP contribution is -2.04. The highest BCUT2D eigenvalue weighted by Crippen LogP contribution is 2.27. The number of non-ortho nitro benzene ring substituents is 1. The first-order chi connectivity index (χ1) is 9.13. The Balaban J connectivity index is 2.42. The van der Waals surface area contributed by atoms with Crippen molar-refractivity contribution in [2.24, 2.45) is 0 Å². The minimum Gasteiger partial charge on any atom is -0.462 e. The molecule has 19 heavy (non-hydrogen) atoms. The molecule has 7 heteroatoms. The van der Waals surface area contributed by atoms with Gasteiger partial charge in [0.05, 0.1) is 17.7 Å². The van der Waals surface area contributed by atoms with Crippen LogP contribution in [0.2, 0.25) is 0 Å². The molecule has 2 aromatic rings. The molecule has 0 aliphatic heterocycles. The van der Waals surface area contributed by atoms with E-state index in [0.717, 1.165) is 0 Å². The number of nitro groups is 1. The molecule has 1 aromatic heterocycles. The maximum atomic E-state index is 11.7. The van der Waals surface area contributed by atoms with Crippen molar-refractivity contribution < 1.29 is 19.0 Å². The minimum atomic E-state index is -0.578. The number of aromatic nitrogens is 1. The molecule has 7 nitrogen and oxygen atoms in total. The van der Waals surface area contributed by atoms with Crippen LogP contribution in [0.25, 0.3) is 11.3 Å². The quantitative estimate of drug-likeness (QED) is 0.477. The second-order valence-electron chi connectivity index (χ2n) is 3.60. The Morgan fingerprint density at radius 2 is 2.32 bits per heavy atom. The Labute approximate surface area is 107 Å². The van der Waals surface area contributed by atoms with Gasteiger partial charge in [-0.2, -0.15) is 0 Å². The maximum Gasteiger partial charge on any atom is 0.343 e. The molecule has 0 amide bonds. The van der Waals surface area contributed by atoms with E-state index in [2.05, 4.69) is 5.16 Å². The van der Waals surface area contributed by atoms with Crippen LogP contribution in [0, 0.1) is 10.1 Å². The lowest BCUT2D eigenvalue weighted by atomic mass is 10.1. The topological polar surface area (TPSA) is 95.5 Å². The number of benzene rings is 1. The lowest BCUT2D eigenvalue weighted by Gasteiger charge is -2.01. The predicted molar refractivity (Wildman–Crippen MR) is 64.5 cm³/mol. The Kier molecular flexibility index (Phi) is 3.56. The second-order valence-corrected chi connectivity index (χ2v) is 3.60. The van der Waals surface area contributed by atoms with E-state index in [-0.39, 0.29) is 23.6 Å². The molecule has 0 saturated heterocycles. The first-order valence-electron chi connectivity index (χ1n) is 5.50. The maximum absolute atomic E-state index is 11.7. The van der Waals surface area contributed by atoms with Gasteiger partial charge in [0, 0.05) is 17.7 Å². The van der Waals surface area contributed by atoms with Gasteiger partial charge in [0.15, 0.2) is 5.76 Å². The van der Waals surface area contributed by atoms with Crippen LogP contribution in [0.1, 0.15) is 17.3 Å². The molecule has 0 spiro atoms. The second kappa shape index (κ2) is 5.30. The van der Waals surface area contributed by atoms with Crippen molar-refractivity contribution in [2.45, 2.75) is 6.92 Å². The van der Waals surface area contributed by atoms with Crippen molar-refractivity contribution in [1.82, 2.24) is 5.16 Å². The van der Waals surface area contributed by atoms with Gasteiger partial charge in [-0.25, -0.2) is 4.79 Å². The molecule has 0 atom stereocenters. The summed E-state index contributed by atoms with van der Waals surface area (Å²) in [6.07, 6.45) is 1.23. The average molecular weight is 262 g/mol.